The number of hydrogen-bond acceptors (Lipinski definition) is 5. The number of nitrogens with one attached hydrogen (secondary N) is 1. The molecule has 0 fully saturated rings. The number of rotatable bonds is 7. The first-order valence-electron chi connectivity index (χ1n) is 8.37. The molecule has 1 aromatic heterocycles. The van der Waals surface area contributed by atoms with E-state index in [0.717, 1.165) is 11.1 Å². The van der Waals surface area contributed by atoms with Crippen molar-refractivity contribution in [2.24, 2.45) is 0 Å². The molecule has 6 nitrogen and oxygen atoms in total. The highest BCUT2D eigenvalue weighted by Crippen LogP contribution is 2.21. The van der Waals surface area contributed by atoms with E-state index in [1.165, 1.54) is 16.2 Å². The second-order valence-corrected chi connectivity index (χ2v) is 7.77. The van der Waals surface area contributed by atoms with Gasteiger partial charge < -0.3 is 15.0 Å². The third kappa shape index (κ3) is 6.86. The van der Waals surface area contributed by atoms with Crippen molar-refractivity contribution in [3.05, 3.63) is 21.4 Å². The van der Waals surface area contributed by atoms with Crippen molar-refractivity contribution in [3.8, 4) is 0 Å². The molecule has 2 amide bonds. The van der Waals surface area contributed by atoms with Gasteiger partial charge in [0.15, 0.2) is 5.78 Å². The van der Waals surface area contributed by atoms with Crippen molar-refractivity contribution in [2.75, 3.05) is 19.6 Å². The van der Waals surface area contributed by atoms with Crippen LogP contribution in [-0.4, -0.2) is 47.9 Å². The maximum absolute atomic E-state index is 12.5. The third-order valence-electron chi connectivity index (χ3n) is 3.58. The van der Waals surface area contributed by atoms with Gasteiger partial charge >= 0.3 is 6.09 Å². The Bertz CT molecular complexity index is 632. The average molecular weight is 368 g/mol. The monoisotopic (exact) mass is 368 g/mol. The van der Waals surface area contributed by atoms with Gasteiger partial charge in [-0.05, 0) is 51.1 Å². The van der Waals surface area contributed by atoms with Gasteiger partial charge in [-0.2, -0.15) is 0 Å². The van der Waals surface area contributed by atoms with Crippen LogP contribution < -0.4 is 5.32 Å². The Hall–Kier alpha value is -1.89. The summed E-state index contributed by atoms with van der Waals surface area (Å²) in [6.07, 6.45) is -0.227. The van der Waals surface area contributed by atoms with E-state index < -0.39 is 11.7 Å². The van der Waals surface area contributed by atoms with E-state index in [9.17, 15) is 14.4 Å². The number of amides is 2. The lowest BCUT2D eigenvalue weighted by atomic mass is 10.1. The lowest BCUT2D eigenvalue weighted by Gasteiger charge is -2.23. The van der Waals surface area contributed by atoms with Crippen molar-refractivity contribution in [3.63, 3.8) is 0 Å². The molecule has 140 valence electrons. The number of carbonyl (C=O) groups excluding carboxylic acids is 3. The third-order valence-corrected chi connectivity index (χ3v) is 4.82. The number of alkyl carbamates (subject to hydrolysis) is 1. The van der Waals surface area contributed by atoms with Crippen LogP contribution in [0.25, 0.3) is 0 Å². The van der Waals surface area contributed by atoms with Gasteiger partial charge in [0.25, 0.3) is 0 Å². The molecule has 25 heavy (non-hydrogen) atoms. The van der Waals surface area contributed by atoms with Gasteiger partial charge in [0.05, 0.1) is 11.4 Å². The minimum Gasteiger partial charge on any atom is -0.444 e. The minimum atomic E-state index is -0.576. The predicted molar refractivity (Wildman–Crippen MR) is 99.2 cm³/mol. The van der Waals surface area contributed by atoms with Crippen LogP contribution in [0.3, 0.4) is 0 Å². The smallest absolute Gasteiger partial charge is 0.407 e. The lowest BCUT2D eigenvalue weighted by molar-refractivity contribution is -0.130. The molecule has 0 atom stereocenters. The molecular formula is C18H28N2O4S. The highest BCUT2D eigenvalue weighted by Gasteiger charge is 2.21. The van der Waals surface area contributed by atoms with Crippen molar-refractivity contribution in [1.29, 1.82) is 0 Å². The first kappa shape index (κ1) is 21.2. The molecule has 0 saturated heterocycles. The second-order valence-electron chi connectivity index (χ2n) is 6.89. The maximum Gasteiger partial charge on any atom is 0.407 e. The van der Waals surface area contributed by atoms with Crippen LogP contribution in [0.4, 0.5) is 4.79 Å². The molecule has 1 N–H and O–H groups in total. The van der Waals surface area contributed by atoms with Crippen LogP contribution in [0.15, 0.2) is 5.38 Å². The van der Waals surface area contributed by atoms with E-state index in [0.29, 0.717) is 11.3 Å². The minimum absolute atomic E-state index is 0.0173. The number of nitrogens with zero attached hydrogens (tertiary/aromatic N) is 1. The van der Waals surface area contributed by atoms with Crippen molar-refractivity contribution < 1.29 is 19.1 Å². The van der Waals surface area contributed by atoms with Crippen molar-refractivity contribution in [2.45, 2.75) is 53.6 Å². The van der Waals surface area contributed by atoms with Gasteiger partial charge in [-0.1, -0.05) is 6.92 Å². The fourth-order valence-corrected chi connectivity index (χ4v) is 3.15. The van der Waals surface area contributed by atoms with Gasteiger partial charge in [0.2, 0.25) is 5.91 Å². The molecule has 0 aliphatic carbocycles. The largest absolute Gasteiger partial charge is 0.444 e. The summed E-state index contributed by atoms with van der Waals surface area (Å²) in [5.41, 5.74) is 1.46. The average Bonchev–Trinajstić information content (AvgIpc) is 2.83. The van der Waals surface area contributed by atoms with E-state index in [-0.39, 0.29) is 31.3 Å². The molecule has 0 aromatic carbocycles. The number of carbonyl (C=O) groups is 3. The molecule has 0 aliphatic heterocycles. The Kier molecular flexibility index (Phi) is 7.60. The molecular weight excluding hydrogens is 340 g/mol. The lowest BCUT2D eigenvalue weighted by Crippen LogP contribution is -2.42. The zero-order valence-electron chi connectivity index (χ0n) is 15.9. The molecule has 1 rings (SSSR count). The van der Waals surface area contributed by atoms with Crippen molar-refractivity contribution in [1.82, 2.24) is 10.2 Å². The predicted octanol–water partition coefficient (Wildman–Crippen LogP) is 3.31. The molecule has 0 aliphatic rings. The first-order chi connectivity index (χ1) is 11.5. The van der Waals surface area contributed by atoms with Gasteiger partial charge in [-0.3, -0.25) is 9.59 Å². The Morgan fingerprint density at radius 1 is 1.24 bits per heavy atom. The van der Waals surface area contributed by atoms with Crippen LogP contribution in [0.2, 0.25) is 0 Å². The van der Waals surface area contributed by atoms with Crippen LogP contribution in [0.5, 0.6) is 0 Å². The number of Topliss-reactive ketones (excluding diaryl/α,β-unsaturated/α-hetero) is 1. The Morgan fingerprint density at radius 2 is 1.88 bits per heavy atom. The molecule has 7 heteroatoms. The van der Waals surface area contributed by atoms with Gasteiger partial charge in [-0.25, -0.2) is 4.79 Å². The van der Waals surface area contributed by atoms with Crippen LogP contribution in [0.1, 0.15) is 54.9 Å². The summed E-state index contributed by atoms with van der Waals surface area (Å²) >= 11 is 1.40. The number of hydrogen-bond donors (Lipinski definition) is 1. The second kappa shape index (κ2) is 8.99. The first-order valence-corrected chi connectivity index (χ1v) is 9.25. The SMILES string of the molecule is CCC(=O)N(CCNC(=O)OC(C)(C)C)CC(=O)c1scc(C)c1C. The number of thiophene rings is 1. The maximum atomic E-state index is 12.5. The topological polar surface area (TPSA) is 75.7 Å². The zero-order chi connectivity index (χ0) is 19.2. The highest BCUT2D eigenvalue weighted by molar-refractivity contribution is 7.12. The molecule has 1 aromatic rings. The number of aryl methyl sites for hydroxylation is 1. The van der Waals surface area contributed by atoms with Crippen LogP contribution in [0, 0.1) is 13.8 Å². The Labute approximate surface area is 153 Å². The summed E-state index contributed by atoms with van der Waals surface area (Å²) in [6.45, 7) is 11.5. The molecule has 0 bridgehead atoms. The summed E-state index contributed by atoms with van der Waals surface area (Å²) in [7, 11) is 0. The number of ketones is 1. The number of ether oxygens (including phenoxy) is 1. The van der Waals surface area contributed by atoms with Crippen molar-refractivity contribution >= 4 is 29.1 Å². The summed E-state index contributed by atoms with van der Waals surface area (Å²) < 4.78 is 5.16. The van der Waals surface area contributed by atoms with Crippen LogP contribution >= 0.6 is 11.3 Å². The van der Waals surface area contributed by atoms with Gasteiger partial charge in [0, 0.05) is 19.5 Å². The Morgan fingerprint density at radius 3 is 2.36 bits per heavy atom. The highest BCUT2D eigenvalue weighted by atomic mass is 32.1. The standard InChI is InChI=1S/C18H28N2O4S/c1-7-15(22)20(9-8-19-17(23)24-18(4,5)6)10-14(21)16-13(3)12(2)11-25-16/h11H,7-10H2,1-6H3,(H,19,23). The van der Waals surface area contributed by atoms with Gasteiger partial charge in [0.1, 0.15) is 5.60 Å². The molecule has 1 heterocycles. The Balaban J connectivity index is 2.63. The fraction of sp³-hybridized carbons (Fsp3) is 0.611. The van der Waals surface area contributed by atoms with E-state index in [1.54, 1.807) is 27.7 Å². The van der Waals surface area contributed by atoms with E-state index >= 15 is 0 Å². The molecule has 0 spiro atoms. The summed E-state index contributed by atoms with van der Waals surface area (Å²) in [6, 6.07) is 0. The fourth-order valence-electron chi connectivity index (χ4n) is 2.15. The van der Waals surface area contributed by atoms with E-state index in [2.05, 4.69) is 5.32 Å². The van der Waals surface area contributed by atoms with Gasteiger partial charge in [-0.15, -0.1) is 11.3 Å². The normalized spacial score (nSPS) is 11.1. The summed E-state index contributed by atoms with van der Waals surface area (Å²) in [4.78, 5) is 38.4. The molecule has 0 saturated carbocycles. The zero-order valence-corrected chi connectivity index (χ0v) is 16.7. The molecule has 0 radical (unpaired) electrons. The summed E-state index contributed by atoms with van der Waals surface area (Å²) in [5.74, 6) is -0.195. The van der Waals surface area contributed by atoms with E-state index in [4.69, 9.17) is 4.74 Å². The van der Waals surface area contributed by atoms with Crippen LogP contribution in [-0.2, 0) is 9.53 Å². The van der Waals surface area contributed by atoms with E-state index in [1.807, 2.05) is 19.2 Å². The molecule has 0 unspecified atom stereocenters. The quantitative estimate of drug-likeness (QED) is 0.749. The summed E-state index contributed by atoms with van der Waals surface area (Å²) in [5, 5.41) is 4.56.